The van der Waals surface area contributed by atoms with Crippen LogP contribution < -0.4 is 5.14 Å². The molecule has 1 aromatic carbocycles. The normalized spacial score (nSPS) is 11.2. The van der Waals surface area contributed by atoms with E-state index in [4.69, 9.17) is 5.14 Å². The largest absolute Gasteiger partial charge is 0.298 e. The molecule has 0 aromatic heterocycles. The molecule has 0 heterocycles. The van der Waals surface area contributed by atoms with Crippen LogP contribution in [0.4, 0.5) is 0 Å². The summed E-state index contributed by atoms with van der Waals surface area (Å²) in [6.45, 7) is 0. The quantitative estimate of drug-likeness (QED) is 0.806. The van der Waals surface area contributed by atoms with Crippen molar-refractivity contribution in [3.63, 3.8) is 0 Å². The van der Waals surface area contributed by atoms with Gasteiger partial charge in [0, 0.05) is 10.0 Å². The number of aldehydes is 1. The van der Waals surface area contributed by atoms with Gasteiger partial charge in [-0.2, -0.15) is 0 Å². The van der Waals surface area contributed by atoms with Crippen molar-refractivity contribution in [2.45, 2.75) is 4.90 Å². The molecule has 1 rings (SSSR count). The van der Waals surface area contributed by atoms with Crippen molar-refractivity contribution in [2.75, 3.05) is 0 Å². The Bertz CT molecular complexity index is 441. The monoisotopic (exact) mass is 263 g/mol. The molecule has 1 aromatic rings. The van der Waals surface area contributed by atoms with Crippen LogP contribution in [0.25, 0.3) is 0 Å². The number of carbonyl (C=O) groups is 1. The van der Waals surface area contributed by atoms with Gasteiger partial charge in [-0.25, -0.2) is 13.6 Å². The number of hydrogen-bond donors (Lipinski definition) is 1. The summed E-state index contributed by atoms with van der Waals surface area (Å²) in [6, 6.07) is 4.06. The highest BCUT2D eigenvalue weighted by atomic mass is 79.9. The number of primary sulfonamides is 1. The summed E-state index contributed by atoms with van der Waals surface area (Å²) in [7, 11) is -3.72. The summed E-state index contributed by atoms with van der Waals surface area (Å²) in [6.07, 6.45) is 0.623. The predicted molar refractivity (Wildman–Crippen MR) is 50.9 cm³/mol. The molecule has 70 valence electrons. The Morgan fingerprint density at radius 3 is 2.38 bits per heavy atom. The molecule has 0 amide bonds. The molecule has 0 saturated carbocycles. The van der Waals surface area contributed by atoms with Crippen molar-refractivity contribution in [3.8, 4) is 0 Å². The zero-order chi connectivity index (χ0) is 10.1. The lowest BCUT2D eigenvalue weighted by Crippen LogP contribution is -2.12. The van der Waals surface area contributed by atoms with Crippen LogP contribution in [-0.2, 0) is 10.0 Å². The van der Waals surface area contributed by atoms with E-state index >= 15 is 0 Å². The van der Waals surface area contributed by atoms with Gasteiger partial charge in [0.1, 0.15) is 6.29 Å². The molecular weight excluding hydrogens is 258 g/mol. The van der Waals surface area contributed by atoms with Gasteiger partial charge < -0.3 is 0 Å². The molecule has 0 spiro atoms. The maximum absolute atomic E-state index is 10.9. The van der Waals surface area contributed by atoms with Gasteiger partial charge in [0.2, 0.25) is 10.0 Å². The van der Waals surface area contributed by atoms with Gasteiger partial charge in [0.25, 0.3) is 0 Å². The van der Waals surface area contributed by atoms with Gasteiger partial charge in [-0.05, 0) is 28.1 Å². The lowest BCUT2D eigenvalue weighted by Gasteiger charge is -2.01. The van der Waals surface area contributed by atoms with Crippen molar-refractivity contribution in [3.05, 3.63) is 28.2 Å². The van der Waals surface area contributed by atoms with Crippen LogP contribution in [0.5, 0.6) is 0 Å². The number of benzene rings is 1. The van der Waals surface area contributed by atoms with Crippen LogP contribution in [-0.4, -0.2) is 14.7 Å². The third-order valence-electron chi connectivity index (χ3n) is 1.40. The van der Waals surface area contributed by atoms with Gasteiger partial charge in [0.05, 0.1) is 4.90 Å². The minimum absolute atomic E-state index is 0.0295. The molecule has 0 unspecified atom stereocenters. The van der Waals surface area contributed by atoms with E-state index in [-0.39, 0.29) is 4.90 Å². The summed E-state index contributed by atoms with van der Waals surface area (Å²) >= 11 is 3.01. The van der Waals surface area contributed by atoms with E-state index in [9.17, 15) is 13.2 Å². The SMILES string of the molecule is NS(=O)(=O)c1ccc(C=O)cc1Br. The summed E-state index contributed by atoms with van der Waals surface area (Å²) in [5.41, 5.74) is 0.388. The second-order valence-electron chi connectivity index (χ2n) is 2.35. The second kappa shape index (κ2) is 3.57. The van der Waals surface area contributed by atoms with Crippen molar-refractivity contribution in [1.82, 2.24) is 0 Å². The molecule has 0 saturated heterocycles. The van der Waals surface area contributed by atoms with E-state index in [0.717, 1.165) is 0 Å². The van der Waals surface area contributed by atoms with E-state index in [2.05, 4.69) is 15.9 Å². The van der Waals surface area contributed by atoms with Crippen molar-refractivity contribution in [2.24, 2.45) is 5.14 Å². The molecule has 0 bridgehead atoms. The molecule has 4 nitrogen and oxygen atoms in total. The van der Waals surface area contributed by atoms with Gasteiger partial charge in [-0.15, -0.1) is 0 Å². The molecule has 2 N–H and O–H groups in total. The highest BCUT2D eigenvalue weighted by molar-refractivity contribution is 9.10. The number of rotatable bonds is 2. The van der Waals surface area contributed by atoms with Crippen LogP contribution in [0.15, 0.2) is 27.6 Å². The van der Waals surface area contributed by atoms with Crippen LogP contribution in [0.3, 0.4) is 0 Å². The fourth-order valence-corrected chi connectivity index (χ4v) is 2.48. The highest BCUT2D eigenvalue weighted by Crippen LogP contribution is 2.21. The van der Waals surface area contributed by atoms with E-state index in [1.54, 1.807) is 0 Å². The Balaban J connectivity index is 3.37. The average molecular weight is 264 g/mol. The molecule has 0 atom stereocenters. The minimum Gasteiger partial charge on any atom is -0.298 e. The van der Waals surface area contributed by atoms with Crippen molar-refractivity contribution in [1.29, 1.82) is 0 Å². The Hall–Kier alpha value is -0.720. The molecule has 0 aliphatic heterocycles. The first-order valence-corrected chi connectivity index (χ1v) is 5.56. The lowest BCUT2D eigenvalue weighted by molar-refractivity contribution is 0.112. The zero-order valence-electron chi connectivity index (χ0n) is 6.40. The second-order valence-corrected chi connectivity index (χ2v) is 4.74. The Labute approximate surface area is 83.9 Å². The topological polar surface area (TPSA) is 77.2 Å². The number of hydrogen-bond acceptors (Lipinski definition) is 3. The number of halogens is 1. The third kappa shape index (κ3) is 2.36. The van der Waals surface area contributed by atoms with Crippen LogP contribution in [0.1, 0.15) is 10.4 Å². The van der Waals surface area contributed by atoms with E-state index < -0.39 is 10.0 Å². The fraction of sp³-hybridized carbons (Fsp3) is 0. The first-order chi connectivity index (χ1) is 5.95. The Morgan fingerprint density at radius 2 is 2.00 bits per heavy atom. The highest BCUT2D eigenvalue weighted by Gasteiger charge is 2.11. The molecule has 0 fully saturated rings. The molecule has 6 heteroatoms. The summed E-state index contributed by atoms with van der Waals surface area (Å²) in [4.78, 5) is 10.3. The maximum Gasteiger partial charge on any atom is 0.239 e. The number of nitrogens with two attached hydrogens (primary N) is 1. The maximum atomic E-state index is 10.9. The standard InChI is InChI=1S/C7H6BrNO3S/c8-6-3-5(4-10)1-2-7(6)13(9,11)12/h1-4H,(H2,9,11,12). The fourth-order valence-electron chi connectivity index (χ4n) is 0.821. The van der Waals surface area contributed by atoms with Crippen LogP contribution in [0, 0.1) is 0 Å². The van der Waals surface area contributed by atoms with E-state index in [0.29, 0.717) is 16.3 Å². The Kier molecular flexibility index (Phi) is 2.84. The summed E-state index contributed by atoms with van der Waals surface area (Å²) < 4.78 is 22.1. The van der Waals surface area contributed by atoms with Gasteiger partial charge in [-0.1, -0.05) is 6.07 Å². The third-order valence-corrected chi connectivity index (χ3v) is 3.29. The summed E-state index contributed by atoms with van der Waals surface area (Å²) in [5, 5.41) is 4.90. The first-order valence-electron chi connectivity index (χ1n) is 3.22. The molecule has 0 radical (unpaired) electrons. The predicted octanol–water partition coefficient (Wildman–Crippen LogP) is 0.909. The number of sulfonamides is 1. The van der Waals surface area contributed by atoms with Crippen LogP contribution in [0.2, 0.25) is 0 Å². The molecule has 0 aliphatic carbocycles. The van der Waals surface area contributed by atoms with Crippen LogP contribution >= 0.6 is 15.9 Å². The van der Waals surface area contributed by atoms with Gasteiger partial charge >= 0.3 is 0 Å². The lowest BCUT2D eigenvalue weighted by atomic mass is 10.2. The number of carbonyl (C=O) groups excluding carboxylic acids is 1. The smallest absolute Gasteiger partial charge is 0.239 e. The van der Waals surface area contributed by atoms with Crippen molar-refractivity contribution < 1.29 is 13.2 Å². The minimum atomic E-state index is -3.72. The van der Waals surface area contributed by atoms with Gasteiger partial charge in [0.15, 0.2) is 0 Å². The van der Waals surface area contributed by atoms with E-state index in [1.165, 1.54) is 18.2 Å². The van der Waals surface area contributed by atoms with E-state index in [1.807, 2.05) is 0 Å². The van der Waals surface area contributed by atoms with Crippen molar-refractivity contribution >= 4 is 32.2 Å². The molecule has 0 aliphatic rings. The van der Waals surface area contributed by atoms with Gasteiger partial charge in [-0.3, -0.25) is 4.79 Å². The molecular formula is C7H6BrNO3S. The summed E-state index contributed by atoms with van der Waals surface area (Å²) in [5.74, 6) is 0. The Morgan fingerprint density at radius 1 is 1.38 bits per heavy atom. The zero-order valence-corrected chi connectivity index (χ0v) is 8.80. The molecule has 13 heavy (non-hydrogen) atoms. The average Bonchev–Trinajstić information content (AvgIpc) is 2.01. The first kappa shape index (κ1) is 10.4.